The lowest BCUT2D eigenvalue weighted by molar-refractivity contribution is 0.206. The largest absolute Gasteiger partial charge is 0.372 e. The van der Waals surface area contributed by atoms with E-state index in [2.05, 4.69) is 48.3 Å². The van der Waals surface area contributed by atoms with E-state index in [0.717, 1.165) is 24.2 Å². The predicted molar refractivity (Wildman–Crippen MR) is 100 cm³/mol. The van der Waals surface area contributed by atoms with Crippen LogP contribution in [-0.4, -0.2) is 31.1 Å². The zero-order valence-electron chi connectivity index (χ0n) is 14.8. The van der Waals surface area contributed by atoms with Gasteiger partial charge in [0, 0.05) is 38.9 Å². The first kappa shape index (κ1) is 17.9. The Balaban J connectivity index is 1.86. The van der Waals surface area contributed by atoms with E-state index in [1.807, 2.05) is 37.4 Å². The molecule has 128 valence electrons. The number of nitrogens with one attached hydrogen (secondary N) is 1. The molecule has 0 saturated carbocycles. The van der Waals surface area contributed by atoms with Gasteiger partial charge < -0.3 is 15.1 Å². The zero-order valence-corrected chi connectivity index (χ0v) is 14.8. The Labute approximate surface area is 145 Å². The van der Waals surface area contributed by atoms with Crippen LogP contribution in [0.5, 0.6) is 0 Å². The smallest absolute Gasteiger partial charge is 0.317 e. The lowest BCUT2D eigenvalue weighted by Crippen LogP contribution is -2.36. The van der Waals surface area contributed by atoms with Gasteiger partial charge in [-0.1, -0.05) is 42.5 Å². The molecule has 0 aromatic heterocycles. The van der Waals surface area contributed by atoms with E-state index in [-0.39, 0.29) is 6.03 Å². The van der Waals surface area contributed by atoms with Crippen molar-refractivity contribution in [2.75, 3.05) is 25.0 Å². The fourth-order valence-corrected chi connectivity index (χ4v) is 2.66. The molecular weight excluding hydrogens is 298 g/mol. The van der Waals surface area contributed by atoms with Crippen molar-refractivity contribution < 1.29 is 4.79 Å². The molecule has 2 amide bonds. The monoisotopic (exact) mass is 325 g/mol. The molecule has 0 radical (unpaired) electrons. The normalized spacial score (nSPS) is 10.3. The van der Waals surface area contributed by atoms with Gasteiger partial charge in [0.25, 0.3) is 0 Å². The third-order valence-corrected chi connectivity index (χ3v) is 4.12. The minimum Gasteiger partial charge on any atom is -0.372 e. The number of hydrogen-bond acceptors (Lipinski definition) is 2. The second-order valence-corrected chi connectivity index (χ2v) is 5.84. The number of benzene rings is 2. The summed E-state index contributed by atoms with van der Waals surface area (Å²) in [5.74, 6) is 0. The van der Waals surface area contributed by atoms with Crippen molar-refractivity contribution >= 4 is 11.7 Å². The second-order valence-electron chi connectivity index (χ2n) is 5.84. The Morgan fingerprint density at radius 1 is 0.917 bits per heavy atom. The number of carbonyl (C=O) groups excluding carboxylic acids is 1. The lowest BCUT2D eigenvalue weighted by Gasteiger charge is -2.22. The number of hydrogen-bond donors (Lipinski definition) is 1. The van der Waals surface area contributed by atoms with E-state index in [0.29, 0.717) is 13.1 Å². The molecule has 0 saturated heterocycles. The highest BCUT2D eigenvalue weighted by Gasteiger charge is 2.09. The van der Waals surface area contributed by atoms with Gasteiger partial charge in [0.1, 0.15) is 0 Å². The molecule has 0 heterocycles. The van der Waals surface area contributed by atoms with Gasteiger partial charge in [-0.2, -0.15) is 0 Å². The van der Waals surface area contributed by atoms with E-state index in [9.17, 15) is 4.79 Å². The number of carbonyl (C=O) groups is 1. The molecule has 4 heteroatoms. The highest BCUT2D eigenvalue weighted by atomic mass is 16.2. The van der Waals surface area contributed by atoms with Crippen LogP contribution in [0.25, 0.3) is 0 Å². The van der Waals surface area contributed by atoms with Crippen LogP contribution >= 0.6 is 0 Å². The van der Waals surface area contributed by atoms with Crippen molar-refractivity contribution in [2.24, 2.45) is 0 Å². The first-order valence-corrected chi connectivity index (χ1v) is 8.50. The van der Waals surface area contributed by atoms with Crippen LogP contribution in [0.15, 0.2) is 54.6 Å². The van der Waals surface area contributed by atoms with Crippen LogP contribution in [0.2, 0.25) is 0 Å². The maximum Gasteiger partial charge on any atom is 0.317 e. The predicted octanol–water partition coefficient (Wildman–Crippen LogP) is 3.87. The van der Waals surface area contributed by atoms with Gasteiger partial charge in [0.2, 0.25) is 0 Å². The molecule has 0 unspecified atom stereocenters. The van der Waals surface area contributed by atoms with E-state index in [1.54, 1.807) is 4.90 Å². The van der Waals surface area contributed by atoms with Gasteiger partial charge in [-0.05, 0) is 37.1 Å². The first-order valence-electron chi connectivity index (χ1n) is 8.50. The standard InChI is InChI=1S/C20H27N3O/c1-4-23(5-2)19-13-11-18(12-14-19)16-22(3)20(24)21-15-17-9-7-6-8-10-17/h6-14H,4-5,15-16H2,1-3H3,(H,21,24). The fourth-order valence-electron chi connectivity index (χ4n) is 2.66. The Morgan fingerprint density at radius 3 is 2.12 bits per heavy atom. The average Bonchev–Trinajstić information content (AvgIpc) is 2.63. The van der Waals surface area contributed by atoms with E-state index in [4.69, 9.17) is 0 Å². The van der Waals surface area contributed by atoms with Gasteiger partial charge in [0.15, 0.2) is 0 Å². The molecule has 0 aliphatic rings. The van der Waals surface area contributed by atoms with Gasteiger partial charge in [0.05, 0.1) is 0 Å². The maximum absolute atomic E-state index is 12.2. The third-order valence-electron chi connectivity index (χ3n) is 4.12. The first-order chi connectivity index (χ1) is 11.6. The van der Waals surface area contributed by atoms with Crippen LogP contribution in [0.1, 0.15) is 25.0 Å². The van der Waals surface area contributed by atoms with E-state index in [1.165, 1.54) is 5.69 Å². The second kappa shape index (κ2) is 8.96. The summed E-state index contributed by atoms with van der Waals surface area (Å²) in [7, 11) is 1.82. The van der Waals surface area contributed by atoms with Crippen LogP contribution < -0.4 is 10.2 Å². The lowest BCUT2D eigenvalue weighted by atomic mass is 10.2. The molecule has 24 heavy (non-hydrogen) atoms. The highest BCUT2D eigenvalue weighted by molar-refractivity contribution is 5.73. The van der Waals surface area contributed by atoms with Gasteiger partial charge in [-0.25, -0.2) is 4.79 Å². The third kappa shape index (κ3) is 5.01. The average molecular weight is 325 g/mol. The number of urea groups is 1. The number of nitrogens with zero attached hydrogens (tertiary/aromatic N) is 2. The molecule has 0 bridgehead atoms. The molecule has 0 atom stereocenters. The fraction of sp³-hybridized carbons (Fsp3) is 0.350. The van der Waals surface area contributed by atoms with Crippen molar-refractivity contribution in [1.82, 2.24) is 10.2 Å². The Bertz CT molecular complexity index is 621. The molecule has 0 fully saturated rings. The molecule has 4 nitrogen and oxygen atoms in total. The molecule has 0 spiro atoms. The minimum atomic E-state index is -0.0633. The van der Waals surface area contributed by atoms with Crippen LogP contribution in [0.3, 0.4) is 0 Å². The summed E-state index contributed by atoms with van der Waals surface area (Å²) >= 11 is 0. The van der Waals surface area contributed by atoms with Gasteiger partial charge in [-0.3, -0.25) is 0 Å². The topological polar surface area (TPSA) is 35.6 Å². The van der Waals surface area contributed by atoms with Crippen molar-refractivity contribution in [3.8, 4) is 0 Å². The summed E-state index contributed by atoms with van der Waals surface area (Å²) in [6, 6.07) is 18.3. The van der Waals surface area contributed by atoms with Crippen molar-refractivity contribution in [2.45, 2.75) is 26.9 Å². The Hall–Kier alpha value is -2.49. The number of anilines is 1. The summed E-state index contributed by atoms with van der Waals surface area (Å²) in [5.41, 5.74) is 3.45. The van der Waals surface area contributed by atoms with Crippen LogP contribution in [-0.2, 0) is 13.1 Å². The Kier molecular flexibility index (Phi) is 6.67. The summed E-state index contributed by atoms with van der Waals surface area (Å²) in [6.45, 7) is 7.45. The molecular formula is C20H27N3O. The quantitative estimate of drug-likeness (QED) is 0.838. The minimum absolute atomic E-state index is 0.0633. The number of rotatable bonds is 7. The molecule has 2 rings (SSSR count). The number of amides is 2. The maximum atomic E-state index is 12.2. The van der Waals surface area contributed by atoms with E-state index >= 15 is 0 Å². The molecule has 1 N–H and O–H groups in total. The van der Waals surface area contributed by atoms with Crippen LogP contribution in [0.4, 0.5) is 10.5 Å². The SMILES string of the molecule is CCN(CC)c1ccc(CN(C)C(=O)NCc2ccccc2)cc1. The molecule has 0 aliphatic carbocycles. The Morgan fingerprint density at radius 2 is 1.54 bits per heavy atom. The van der Waals surface area contributed by atoms with Gasteiger partial charge >= 0.3 is 6.03 Å². The van der Waals surface area contributed by atoms with Gasteiger partial charge in [-0.15, -0.1) is 0 Å². The van der Waals surface area contributed by atoms with Crippen molar-refractivity contribution in [3.63, 3.8) is 0 Å². The zero-order chi connectivity index (χ0) is 17.4. The highest BCUT2D eigenvalue weighted by Crippen LogP contribution is 2.15. The van der Waals surface area contributed by atoms with Crippen molar-refractivity contribution in [3.05, 3.63) is 65.7 Å². The molecule has 2 aromatic carbocycles. The molecule has 2 aromatic rings. The van der Waals surface area contributed by atoms with E-state index < -0.39 is 0 Å². The summed E-state index contributed by atoms with van der Waals surface area (Å²) < 4.78 is 0. The molecule has 0 aliphatic heterocycles. The summed E-state index contributed by atoms with van der Waals surface area (Å²) in [6.07, 6.45) is 0. The van der Waals surface area contributed by atoms with Crippen molar-refractivity contribution in [1.29, 1.82) is 0 Å². The summed E-state index contributed by atoms with van der Waals surface area (Å²) in [5, 5.41) is 2.95. The summed E-state index contributed by atoms with van der Waals surface area (Å²) in [4.78, 5) is 16.2. The van der Waals surface area contributed by atoms with Crippen LogP contribution in [0, 0.1) is 0 Å².